The first-order chi connectivity index (χ1) is 12.7. The fourth-order valence-electron chi connectivity index (χ4n) is 2.33. The summed E-state index contributed by atoms with van der Waals surface area (Å²) in [7, 11) is 0. The lowest BCUT2D eigenvalue weighted by atomic mass is 10.0. The predicted octanol–water partition coefficient (Wildman–Crippen LogP) is 4.83. The van der Waals surface area contributed by atoms with Crippen LogP contribution in [0.3, 0.4) is 0 Å². The zero-order chi connectivity index (χ0) is 19.7. The minimum Gasteiger partial charge on any atom is -0.321 e. The lowest BCUT2D eigenvalue weighted by Gasteiger charge is -2.16. The molecule has 140 valence electrons. The van der Waals surface area contributed by atoms with Gasteiger partial charge in [-0.3, -0.25) is 9.89 Å². The number of H-pyrrole nitrogens is 1. The van der Waals surface area contributed by atoms with Gasteiger partial charge in [0.05, 0.1) is 5.69 Å². The second-order valence-corrected chi connectivity index (χ2v) is 5.64. The molecule has 0 aliphatic carbocycles. The summed E-state index contributed by atoms with van der Waals surface area (Å²) in [6.45, 7) is 0. The molecule has 0 unspecified atom stereocenters. The van der Waals surface area contributed by atoms with Crippen LogP contribution in [0.4, 0.5) is 27.6 Å². The van der Waals surface area contributed by atoms with Crippen molar-refractivity contribution in [3.8, 4) is 11.3 Å². The Kier molecular flexibility index (Phi) is 4.69. The van der Waals surface area contributed by atoms with E-state index >= 15 is 0 Å². The molecule has 0 bridgehead atoms. The number of para-hydroxylation sites is 1. The third-order valence-electron chi connectivity index (χ3n) is 3.74. The Morgan fingerprint density at radius 3 is 2.11 bits per heavy atom. The summed E-state index contributed by atoms with van der Waals surface area (Å²) in [6.07, 6.45) is -4.59. The third kappa shape index (κ3) is 3.97. The molecule has 4 nitrogen and oxygen atoms in total. The molecule has 2 aromatic carbocycles. The maximum absolute atomic E-state index is 14.3. The molecule has 3 rings (SSSR count). The summed E-state index contributed by atoms with van der Waals surface area (Å²) in [5.74, 6) is -5.34. The number of halogens is 5. The smallest absolute Gasteiger partial charge is 0.321 e. The zero-order valence-corrected chi connectivity index (χ0v) is 13.5. The van der Waals surface area contributed by atoms with Crippen LogP contribution in [0.1, 0.15) is 11.3 Å². The van der Waals surface area contributed by atoms with Crippen molar-refractivity contribution in [3.63, 3.8) is 0 Å². The van der Waals surface area contributed by atoms with Crippen LogP contribution in [0.5, 0.6) is 0 Å². The van der Waals surface area contributed by atoms with Gasteiger partial charge in [0.2, 0.25) is 0 Å². The minimum atomic E-state index is -4.59. The lowest BCUT2D eigenvalue weighted by Crippen LogP contribution is -2.32. The SMILES string of the molecule is O=C(Nc1ccccc1)C(F)(F)c1ccc(-c2cc(C(F)(F)F)[nH]n2)cc1. The molecule has 0 spiro atoms. The zero-order valence-electron chi connectivity index (χ0n) is 13.5. The molecule has 1 amide bonds. The van der Waals surface area contributed by atoms with Crippen LogP contribution in [-0.2, 0) is 16.9 Å². The van der Waals surface area contributed by atoms with Gasteiger partial charge in [-0.15, -0.1) is 0 Å². The normalized spacial score (nSPS) is 12.0. The van der Waals surface area contributed by atoms with Gasteiger partial charge >= 0.3 is 12.1 Å². The number of amides is 1. The van der Waals surface area contributed by atoms with Crippen molar-refractivity contribution in [2.45, 2.75) is 12.1 Å². The molecule has 9 heteroatoms. The Bertz CT molecular complexity index is 934. The van der Waals surface area contributed by atoms with Gasteiger partial charge in [-0.25, -0.2) is 0 Å². The Morgan fingerprint density at radius 1 is 0.926 bits per heavy atom. The maximum Gasteiger partial charge on any atom is 0.432 e. The van der Waals surface area contributed by atoms with Gasteiger partial charge in [0.1, 0.15) is 5.69 Å². The second-order valence-electron chi connectivity index (χ2n) is 5.64. The quantitative estimate of drug-likeness (QED) is 0.637. The van der Waals surface area contributed by atoms with Crippen molar-refractivity contribution in [2.24, 2.45) is 0 Å². The molecule has 0 saturated carbocycles. The predicted molar refractivity (Wildman–Crippen MR) is 88.0 cm³/mol. The molecule has 0 fully saturated rings. The number of anilines is 1. The van der Waals surface area contributed by atoms with Crippen LogP contribution in [-0.4, -0.2) is 16.1 Å². The van der Waals surface area contributed by atoms with Gasteiger partial charge in [-0.05, 0) is 18.2 Å². The van der Waals surface area contributed by atoms with E-state index < -0.39 is 29.3 Å². The number of nitrogens with one attached hydrogen (secondary N) is 2. The molecule has 0 aliphatic heterocycles. The van der Waals surface area contributed by atoms with E-state index in [2.05, 4.69) is 10.4 Å². The highest BCUT2D eigenvalue weighted by molar-refractivity contribution is 5.96. The minimum absolute atomic E-state index is 0.0501. The molecule has 0 atom stereocenters. The van der Waals surface area contributed by atoms with Gasteiger partial charge in [-0.1, -0.05) is 42.5 Å². The number of nitrogens with zero attached hydrogens (tertiary/aromatic N) is 1. The van der Waals surface area contributed by atoms with Crippen molar-refractivity contribution in [1.82, 2.24) is 10.2 Å². The molecule has 2 N–H and O–H groups in total. The van der Waals surface area contributed by atoms with E-state index in [4.69, 9.17) is 0 Å². The number of rotatable bonds is 4. The van der Waals surface area contributed by atoms with Crippen molar-refractivity contribution >= 4 is 11.6 Å². The van der Waals surface area contributed by atoms with Gasteiger partial charge < -0.3 is 5.32 Å². The molecule has 3 aromatic rings. The number of alkyl halides is 5. The average Bonchev–Trinajstić information content (AvgIpc) is 3.13. The summed E-state index contributed by atoms with van der Waals surface area (Å²) in [6, 6.07) is 12.8. The number of benzene rings is 2. The molecular formula is C18H12F5N3O. The van der Waals surface area contributed by atoms with E-state index in [1.54, 1.807) is 18.2 Å². The second kappa shape index (κ2) is 6.82. The fourth-order valence-corrected chi connectivity index (χ4v) is 2.33. The summed E-state index contributed by atoms with van der Waals surface area (Å²) < 4.78 is 66.5. The van der Waals surface area contributed by atoms with Gasteiger partial charge in [0, 0.05) is 16.8 Å². The highest BCUT2D eigenvalue weighted by Crippen LogP contribution is 2.33. The Labute approximate surface area is 150 Å². The molecular weight excluding hydrogens is 369 g/mol. The fraction of sp³-hybridized carbons (Fsp3) is 0.111. The van der Waals surface area contributed by atoms with E-state index in [0.29, 0.717) is 0 Å². The first-order valence-electron chi connectivity index (χ1n) is 7.66. The Morgan fingerprint density at radius 2 is 1.56 bits per heavy atom. The van der Waals surface area contributed by atoms with Crippen LogP contribution in [0.2, 0.25) is 0 Å². The largest absolute Gasteiger partial charge is 0.432 e. The van der Waals surface area contributed by atoms with Gasteiger partial charge in [-0.2, -0.15) is 27.1 Å². The molecule has 0 aliphatic rings. The van der Waals surface area contributed by atoms with Gasteiger partial charge in [0.15, 0.2) is 0 Å². The van der Waals surface area contributed by atoms with Crippen LogP contribution in [0.15, 0.2) is 60.7 Å². The van der Waals surface area contributed by atoms with Gasteiger partial charge in [0.25, 0.3) is 5.91 Å². The highest BCUT2D eigenvalue weighted by atomic mass is 19.4. The van der Waals surface area contributed by atoms with Crippen molar-refractivity contribution < 1.29 is 26.7 Å². The topological polar surface area (TPSA) is 57.8 Å². The number of aromatic amines is 1. The third-order valence-corrected chi connectivity index (χ3v) is 3.74. The van der Waals surface area contributed by atoms with Crippen molar-refractivity contribution in [2.75, 3.05) is 5.32 Å². The lowest BCUT2D eigenvalue weighted by molar-refractivity contribution is -0.141. The van der Waals surface area contributed by atoms with E-state index in [-0.39, 0.29) is 16.9 Å². The number of hydrogen-bond acceptors (Lipinski definition) is 2. The van der Waals surface area contributed by atoms with Crippen LogP contribution >= 0.6 is 0 Å². The van der Waals surface area contributed by atoms with E-state index in [1.165, 1.54) is 24.3 Å². The number of carbonyl (C=O) groups is 1. The first kappa shape index (κ1) is 18.6. The maximum atomic E-state index is 14.3. The summed E-state index contributed by atoms with van der Waals surface area (Å²) >= 11 is 0. The average molecular weight is 381 g/mol. The monoisotopic (exact) mass is 381 g/mol. The molecule has 1 heterocycles. The Hall–Kier alpha value is -3.23. The number of hydrogen-bond donors (Lipinski definition) is 2. The summed E-state index contributed by atoms with van der Waals surface area (Å²) in [5.41, 5.74) is -1.27. The summed E-state index contributed by atoms with van der Waals surface area (Å²) in [5, 5.41) is 7.49. The van der Waals surface area contributed by atoms with E-state index in [0.717, 1.165) is 18.2 Å². The Balaban J connectivity index is 1.79. The molecule has 1 aromatic heterocycles. The summed E-state index contributed by atoms with van der Waals surface area (Å²) in [4.78, 5) is 11.9. The van der Waals surface area contributed by atoms with Crippen LogP contribution in [0, 0.1) is 0 Å². The van der Waals surface area contributed by atoms with E-state index in [9.17, 15) is 26.7 Å². The van der Waals surface area contributed by atoms with Crippen LogP contribution in [0.25, 0.3) is 11.3 Å². The highest BCUT2D eigenvalue weighted by Gasteiger charge is 2.41. The standard InChI is InChI=1S/C18H12F5N3O/c19-17(20,16(27)24-13-4-2-1-3-5-13)12-8-6-11(7-9-12)14-10-15(26-25-14)18(21,22)23/h1-10H,(H,24,27)(H,25,26). The number of aromatic nitrogens is 2. The first-order valence-corrected chi connectivity index (χ1v) is 7.66. The van der Waals surface area contributed by atoms with E-state index in [1.807, 2.05) is 5.10 Å². The van der Waals surface area contributed by atoms with Crippen LogP contribution < -0.4 is 5.32 Å². The molecule has 0 radical (unpaired) electrons. The van der Waals surface area contributed by atoms with Crippen molar-refractivity contribution in [1.29, 1.82) is 0 Å². The number of carbonyl (C=O) groups excluding carboxylic acids is 1. The van der Waals surface area contributed by atoms with Crippen molar-refractivity contribution in [3.05, 3.63) is 71.9 Å². The molecule has 0 saturated heterocycles. The molecule has 27 heavy (non-hydrogen) atoms.